The number of likely N-dealkylation sites (tertiary alicyclic amines) is 1. The first-order valence-corrected chi connectivity index (χ1v) is 23.0. The van der Waals surface area contributed by atoms with Crippen molar-refractivity contribution in [1.82, 2.24) is 42.1 Å². The first-order chi connectivity index (χ1) is 32.4. The van der Waals surface area contributed by atoms with Gasteiger partial charge in [-0.2, -0.15) is 0 Å². The Labute approximate surface area is 401 Å². The molecule has 1 aromatic carbocycles. The highest BCUT2D eigenvalue weighted by Gasteiger charge is 2.41. The van der Waals surface area contributed by atoms with Gasteiger partial charge in [-0.3, -0.25) is 43.2 Å². The van der Waals surface area contributed by atoms with Gasteiger partial charge in [-0.05, 0) is 49.5 Å². The number of carbonyl (C=O) groups is 10. The van der Waals surface area contributed by atoms with Crippen LogP contribution in [0.4, 0.5) is 0 Å². The van der Waals surface area contributed by atoms with E-state index in [0.717, 1.165) is 0 Å². The molecule has 0 spiro atoms. The lowest BCUT2D eigenvalue weighted by molar-refractivity contribution is -0.144. The van der Waals surface area contributed by atoms with Crippen molar-refractivity contribution >= 4 is 59.1 Å². The second kappa shape index (κ2) is 28.3. The Balaban J connectivity index is 2.32. The van der Waals surface area contributed by atoms with Crippen molar-refractivity contribution in [2.45, 2.75) is 147 Å². The van der Waals surface area contributed by atoms with Crippen molar-refractivity contribution in [3.8, 4) is 0 Å². The maximum absolute atomic E-state index is 14.3. The number of amides is 9. The standard InChI is InChI=1S/C45H72N10O14/c1-8-24(6)33(47)42(65)54-36(25(7)58)43(66)51-29(20-56)39(62)48-27(16-17-32(46)59)37(60)52-34(22(2)3)44(67)55-18-12-15-31(55)41(64)49-28(19-26-13-10-9-11-14-26)38(61)50-30(21-57)40(63)53-35(23(4)5)45(68)69/h9-11,13-14,22-25,27-31,33-36,56-58H,8,12,15-21,47H2,1-7H3,(H2,46,59)(H,48,62)(H,49,64)(H,50,61)(H,51,66)(H,52,60)(H,53,63)(H,54,65)(H,68,69)/t24-,25+,27-,28-,29-,30-,31-,33-,34-,35-,36-/m0/s1. The number of carboxylic acid groups (broad SMARTS) is 1. The van der Waals surface area contributed by atoms with E-state index < -0.39 is 158 Å². The van der Waals surface area contributed by atoms with Crippen LogP contribution in [0, 0.1) is 17.8 Å². The number of aliphatic carboxylic acids is 1. The van der Waals surface area contributed by atoms with E-state index in [1.165, 1.54) is 11.8 Å². The van der Waals surface area contributed by atoms with Gasteiger partial charge in [0.25, 0.3) is 0 Å². The molecular formula is C45H72N10O14. The number of benzene rings is 1. The fourth-order valence-corrected chi connectivity index (χ4v) is 7.26. The molecule has 0 radical (unpaired) electrons. The van der Waals surface area contributed by atoms with Gasteiger partial charge >= 0.3 is 5.97 Å². The van der Waals surface area contributed by atoms with Gasteiger partial charge < -0.3 is 74.0 Å². The van der Waals surface area contributed by atoms with Crippen LogP contribution in [0.1, 0.15) is 86.1 Å². The van der Waals surface area contributed by atoms with Crippen LogP contribution in [0.2, 0.25) is 0 Å². The first kappa shape index (κ1) is 58.9. The number of aliphatic hydroxyl groups is 3. The lowest BCUT2D eigenvalue weighted by Gasteiger charge is -2.32. The zero-order valence-electron chi connectivity index (χ0n) is 40.2. The van der Waals surface area contributed by atoms with E-state index in [1.54, 1.807) is 71.9 Å². The number of hydrogen-bond acceptors (Lipinski definition) is 14. The minimum absolute atomic E-state index is 0.0517. The van der Waals surface area contributed by atoms with Gasteiger partial charge in [-0.25, -0.2) is 4.79 Å². The number of nitrogens with two attached hydrogens (primary N) is 2. The minimum Gasteiger partial charge on any atom is -0.480 e. The van der Waals surface area contributed by atoms with Crippen molar-refractivity contribution in [2.24, 2.45) is 29.2 Å². The lowest BCUT2D eigenvalue weighted by Crippen LogP contribution is -2.62. The van der Waals surface area contributed by atoms with Gasteiger partial charge in [0.15, 0.2) is 0 Å². The molecule has 24 nitrogen and oxygen atoms in total. The molecule has 11 atom stereocenters. The Bertz CT molecular complexity index is 1950. The molecule has 1 aliphatic heterocycles. The molecule has 0 aromatic heterocycles. The van der Waals surface area contributed by atoms with Crippen LogP contribution in [0.15, 0.2) is 30.3 Å². The summed E-state index contributed by atoms with van der Waals surface area (Å²) in [4.78, 5) is 133. The Morgan fingerprint density at radius 2 is 1.16 bits per heavy atom. The van der Waals surface area contributed by atoms with Crippen molar-refractivity contribution in [3.63, 3.8) is 0 Å². The third kappa shape index (κ3) is 18.0. The highest BCUT2D eigenvalue weighted by atomic mass is 16.4. The smallest absolute Gasteiger partial charge is 0.326 e. The fraction of sp³-hybridized carbons (Fsp3) is 0.644. The summed E-state index contributed by atoms with van der Waals surface area (Å²) in [5.74, 6) is -10.9. The molecule has 9 amide bonds. The molecule has 24 heteroatoms. The minimum atomic E-state index is -1.75. The molecule has 0 aliphatic carbocycles. The summed E-state index contributed by atoms with van der Waals surface area (Å²) in [6.07, 6.45) is -1.40. The van der Waals surface area contributed by atoms with Gasteiger partial charge in [0, 0.05) is 19.4 Å². The van der Waals surface area contributed by atoms with Gasteiger partial charge in [0.05, 0.1) is 25.4 Å². The number of nitrogens with one attached hydrogen (secondary N) is 7. The first-order valence-electron chi connectivity index (χ1n) is 23.0. The van der Waals surface area contributed by atoms with E-state index in [2.05, 4.69) is 37.2 Å². The van der Waals surface area contributed by atoms with Crippen molar-refractivity contribution in [3.05, 3.63) is 35.9 Å². The summed E-state index contributed by atoms with van der Waals surface area (Å²) in [6, 6.07) is -4.26. The molecule has 0 unspecified atom stereocenters. The zero-order chi connectivity index (χ0) is 52.3. The predicted molar refractivity (Wildman–Crippen MR) is 247 cm³/mol. The molecule has 2 rings (SSSR count). The van der Waals surface area contributed by atoms with Gasteiger partial charge in [0.2, 0.25) is 53.2 Å². The van der Waals surface area contributed by atoms with Crippen LogP contribution in [0.25, 0.3) is 0 Å². The molecule has 386 valence electrons. The number of hydrogen-bond donors (Lipinski definition) is 13. The van der Waals surface area contributed by atoms with Crippen LogP contribution in [-0.2, 0) is 54.4 Å². The maximum atomic E-state index is 14.3. The van der Waals surface area contributed by atoms with Crippen LogP contribution in [0.3, 0.4) is 0 Å². The summed E-state index contributed by atoms with van der Waals surface area (Å²) < 4.78 is 0. The molecule has 15 N–H and O–H groups in total. The number of carboxylic acids is 1. The molecule has 0 saturated carbocycles. The number of primary amides is 1. The number of carbonyl (C=O) groups excluding carboxylic acids is 9. The Hall–Kier alpha value is -6.24. The number of rotatable bonds is 28. The maximum Gasteiger partial charge on any atom is 0.326 e. The molecule has 1 fully saturated rings. The van der Waals surface area contributed by atoms with Crippen LogP contribution < -0.4 is 48.7 Å². The van der Waals surface area contributed by atoms with E-state index in [-0.39, 0.29) is 25.3 Å². The van der Waals surface area contributed by atoms with Crippen LogP contribution in [0.5, 0.6) is 0 Å². The highest BCUT2D eigenvalue weighted by molar-refractivity contribution is 5.98. The average molecular weight is 977 g/mol. The number of aliphatic hydroxyl groups excluding tert-OH is 3. The van der Waals surface area contributed by atoms with Crippen LogP contribution in [-0.4, -0.2) is 165 Å². The van der Waals surface area contributed by atoms with Gasteiger partial charge in [0.1, 0.15) is 48.3 Å². The highest BCUT2D eigenvalue weighted by Crippen LogP contribution is 2.21. The lowest BCUT2D eigenvalue weighted by atomic mass is 9.98. The second-order valence-corrected chi connectivity index (χ2v) is 17.9. The van der Waals surface area contributed by atoms with Crippen LogP contribution >= 0.6 is 0 Å². The van der Waals surface area contributed by atoms with E-state index in [1.807, 2.05) is 0 Å². The monoisotopic (exact) mass is 977 g/mol. The van der Waals surface area contributed by atoms with Crippen molar-refractivity contribution in [1.29, 1.82) is 0 Å². The third-order valence-corrected chi connectivity index (χ3v) is 11.8. The van der Waals surface area contributed by atoms with E-state index in [0.29, 0.717) is 18.4 Å². The van der Waals surface area contributed by atoms with Crippen molar-refractivity contribution in [2.75, 3.05) is 19.8 Å². The summed E-state index contributed by atoms with van der Waals surface area (Å²) in [6.45, 7) is 9.17. The average Bonchev–Trinajstić information content (AvgIpc) is 3.80. The Kier molecular flexibility index (Phi) is 24.2. The quantitative estimate of drug-likeness (QED) is 0.0381. The normalized spacial score (nSPS) is 17.9. The van der Waals surface area contributed by atoms with E-state index in [9.17, 15) is 68.4 Å². The number of nitrogens with zero attached hydrogens (tertiary/aromatic N) is 1. The molecule has 1 aromatic rings. The molecular weight excluding hydrogens is 905 g/mol. The summed E-state index contributed by atoms with van der Waals surface area (Å²) in [5.41, 5.74) is 11.9. The second-order valence-electron chi connectivity index (χ2n) is 17.9. The summed E-state index contributed by atoms with van der Waals surface area (Å²) in [5, 5.41) is 56.8. The Morgan fingerprint density at radius 1 is 0.667 bits per heavy atom. The van der Waals surface area contributed by atoms with Crippen molar-refractivity contribution < 1.29 is 68.4 Å². The Morgan fingerprint density at radius 3 is 1.67 bits per heavy atom. The van der Waals surface area contributed by atoms with E-state index in [4.69, 9.17) is 11.5 Å². The fourth-order valence-electron chi connectivity index (χ4n) is 7.26. The van der Waals surface area contributed by atoms with Gasteiger partial charge in [-0.1, -0.05) is 78.3 Å². The predicted octanol–water partition coefficient (Wildman–Crippen LogP) is -3.99. The third-order valence-electron chi connectivity index (χ3n) is 11.8. The van der Waals surface area contributed by atoms with Gasteiger partial charge in [-0.15, -0.1) is 0 Å². The van der Waals surface area contributed by atoms with E-state index >= 15 is 0 Å². The summed E-state index contributed by atoms with van der Waals surface area (Å²) in [7, 11) is 0. The molecule has 69 heavy (non-hydrogen) atoms. The molecule has 0 bridgehead atoms. The SMILES string of the molecule is CC[C@H](C)[C@H](N)C(=O)N[C@H](C(=O)N[C@@H](CO)C(=O)N[C@@H](CCC(N)=O)C(=O)N[C@H](C(=O)N1CCC[C@H]1C(=O)N[C@@H](Cc1ccccc1)C(=O)N[C@@H](CO)C(=O)N[C@H](C(=O)O)C(C)C)C(C)C)[C@@H](C)O. The largest absolute Gasteiger partial charge is 0.480 e. The topological polar surface area (TPSA) is 391 Å². The molecule has 1 saturated heterocycles. The molecule has 1 heterocycles. The summed E-state index contributed by atoms with van der Waals surface area (Å²) >= 11 is 0. The zero-order valence-corrected chi connectivity index (χ0v) is 40.2. The molecule has 1 aliphatic rings.